The number of alkyl halides is 1. The third-order valence-electron chi connectivity index (χ3n) is 2.82. The van der Waals surface area contributed by atoms with Gasteiger partial charge in [-0.3, -0.25) is 0 Å². The molecule has 1 atom stereocenters. The van der Waals surface area contributed by atoms with E-state index in [1.165, 1.54) is 16.8 Å². The summed E-state index contributed by atoms with van der Waals surface area (Å²) < 4.78 is 24.5. The zero-order valence-corrected chi connectivity index (χ0v) is 14.7. The Bertz CT molecular complexity index is 727. The number of rotatable bonds is 2. The fourth-order valence-electron chi connectivity index (χ4n) is 1.82. The maximum Gasteiger partial charge on any atom is 0.245 e. The van der Waals surface area contributed by atoms with Crippen molar-refractivity contribution in [3.8, 4) is 0 Å². The first kappa shape index (κ1) is 18.7. The zero-order chi connectivity index (χ0) is 15.1. The molecule has 0 fully saturated rings. The van der Waals surface area contributed by atoms with E-state index < -0.39 is 14.9 Å². The lowest BCUT2D eigenvalue weighted by molar-refractivity contribution is -0.581. The molecule has 9 heteroatoms. The summed E-state index contributed by atoms with van der Waals surface area (Å²) in [7, 11) is -3.92. The van der Waals surface area contributed by atoms with Gasteiger partial charge in [0, 0.05) is 12.1 Å². The molecule has 21 heavy (non-hydrogen) atoms. The number of nitrogens with zero attached hydrogens (tertiary/aromatic N) is 1. The summed E-state index contributed by atoms with van der Waals surface area (Å²) in [6, 6.07) is 1.44. The summed E-state index contributed by atoms with van der Waals surface area (Å²) >= 11 is 18.3. The van der Waals surface area contributed by atoms with Gasteiger partial charge < -0.3 is 12.4 Å². The Kier molecular flexibility index (Phi) is 5.75. The minimum Gasteiger partial charge on any atom is -1.00 e. The molecule has 116 valence electrons. The number of hydrogen-bond donors (Lipinski definition) is 1. The third-order valence-corrected chi connectivity index (χ3v) is 4.81. The van der Waals surface area contributed by atoms with Crippen LogP contribution in [0, 0.1) is 0 Å². The Balaban J connectivity index is 0.00000220. The quantitative estimate of drug-likeness (QED) is 0.554. The predicted octanol–water partition coefficient (Wildman–Crippen LogP) is -0.356. The molecule has 0 saturated heterocycles. The van der Waals surface area contributed by atoms with Crippen LogP contribution in [0.25, 0.3) is 5.70 Å². The Morgan fingerprint density at radius 3 is 2.57 bits per heavy atom. The molecule has 0 amide bonds. The molecule has 1 heterocycles. The van der Waals surface area contributed by atoms with E-state index in [0.717, 1.165) is 0 Å². The monoisotopic (exact) mass is 388 g/mol. The number of allylic oxidation sites excluding steroid dienone is 4. The third kappa shape index (κ3) is 4.34. The molecule has 1 aromatic heterocycles. The SMILES string of the molecule is CC1(Cl)C=C([n+]2ccc(Cl)c(S(N)(=O)=O)c2)C(Cl)=CC1.[Cl-]. The number of halogens is 4. The van der Waals surface area contributed by atoms with E-state index in [-0.39, 0.29) is 22.3 Å². The van der Waals surface area contributed by atoms with Crippen LogP contribution < -0.4 is 22.1 Å². The van der Waals surface area contributed by atoms with Crippen molar-refractivity contribution in [1.82, 2.24) is 0 Å². The molecule has 4 nitrogen and oxygen atoms in total. The molecule has 1 unspecified atom stereocenters. The molecule has 0 bridgehead atoms. The zero-order valence-electron chi connectivity index (χ0n) is 10.9. The number of primary sulfonamides is 1. The Morgan fingerprint density at radius 1 is 1.38 bits per heavy atom. The van der Waals surface area contributed by atoms with Crippen LogP contribution in [0.1, 0.15) is 13.3 Å². The second-order valence-electron chi connectivity index (χ2n) is 4.67. The molecule has 2 N–H and O–H groups in total. The van der Waals surface area contributed by atoms with Crippen LogP contribution in [-0.2, 0) is 10.0 Å². The lowest BCUT2D eigenvalue weighted by Gasteiger charge is -2.19. The number of aromatic nitrogens is 1. The summed E-state index contributed by atoms with van der Waals surface area (Å²) in [6.07, 6.45) is 7.04. The van der Waals surface area contributed by atoms with Crippen LogP contribution in [0.5, 0.6) is 0 Å². The van der Waals surface area contributed by atoms with Gasteiger partial charge in [0.2, 0.25) is 15.7 Å². The summed E-state index contributed by atoms with van der Waals surface area (Å²) in [6.45, 7) is 1.84. The molecular weight excluding hydrogens is 378 g/mol. The molecule has 1 aliphatic carbocycles. The first-order valence-electron chi connectivity index (χ1n) is 5.62. The maximum atomic E-state index is 11.5. The first-order valence-corrected chi connectivity index (χ1v) is 8.30. The Hall–Kier alpha value is -0.300. The molecule has 0 spiro atoms. The highest BCUT2D eigenvalue weighted by Gasteiger charge is 2.29. The first-order chi connectivity index (χ1) is 9.10. The fourth-order valence-corrected chi connectivity index (χ4v) is 3.26. The van der Waals surface area contributed by atoms with Crippen molar-refractivity contribution in [1.29, 1.82) is 0 Å². The van der Waals surface area contributed by atoms with Crippen LogP contribution >= 0.6 is 34.8 Å². The van der Waals surface area contributed by atoms with Crippen LogP contribution in [0.4, 0.5) is 0 Å². The van der Waals surface area contributed by atoms with E-state index in [1.807, 2.05) is 6.92 Å². The minimum atomic E-state index is -3.92. The van der Waals surface area contributed by atoms with Gasteiger partial charge in [-0.1, -0.05) is 29.3 Å². The smallest absolute Gasteiger partial charge is 0.245 e. The van der Waals surface area contributed by atoms with Crippen molar-refractivity contribution in [2.75, 3.05) is 0 Å². The molecule has 0 radical (unpaired) electrons. The average molecular weight is 390 g/mol. The van der Waals surface area contributed by atoms with Gasteiger partial charge in [-0.15, -0.1) is 11.6 Å². The highest BCUT2D eigenvalue weighted by atomic mass is 35.5. The summed E-state index contributed by atoms with van der Waals surface area (Å²) in [5.74, 6) is 0. The summed E-state index contributed by atoms with van der Waals surface area (Å²) in [5, 5.41) is 5.66. The predicted molar refractivity (Wildman–Crippen MR) is 80.1 cm³/mol. The van der Waals surface area contributed by atoms with Crippen molar-refractivity contribution < 1.29 is 25.4 Å². The summed E-state index contributed by atoms with van der Waals surface area (Å²) in [4.78, 5) is -0.754. The number of pyridine rings is 1. The van der Waals surface area contributed by atoms with Gasteiger partial charge in [0.25, 0.3) is 0 Å². The average Bonchev–Trinajstić information content (AvgIpc) is 2.32. The van der Waals surface area contributed by atoms with Crippen molar-refractivity contribution in [2.24, 2.45) is 5.14 Å². The van der Waals surface area contributed by atoms with Crippen molar-refractivity contribution in [2.45, 2.75) is 23.1 Å². The van der Waals surface area contributed by atoms with Gasteiger partial charge in [-0.2, -0.15) is 4.57 Å². The van der Waals surface area contributed by atoms with Crippen LogP contribution in [-0.4, -0.2) is 13.3 Å². The second kappa shape index (κ2) is 6.44. The van der Waals surface area contributed by atoms with Gasteiger partial charge in [0.05, 0.1) is 9.90 Å². The molecule has 0 aromatic carbocycles. The van der Waals surface area contributed by atoms with Gasteiger partial charge in [-0.25, -0.2) is 13.6 Å². The van der Waals surface area contributed by atoms with Gasteiger partial charge in [0.15, 0.2) is 17.3 Å². The van der Waals surface area contributed by atoms with Gasteiger partial charge >= 0.3 is 0 Å². The van der Waals surface area contributed by atoms with E-state index in [9.17, 15) is 8.42 Å². The number of hydrogen-bond acceptors (Lipinski definition) is 2. The van der Waals surface area contributed by atoms with Crippen molar-refractivity contribution in [3.05, 3.63) is 40.7 Å². The summed E-state index contributed by atoms with van der Waals surface area (Å²) in [5.41, 5.74) is 0.581. The van der Waals surface area contributed by atoms with E-state index in [1.54, 1.807) is 18.3 Å². The van der Waals surface area contributed by atoms with Crippen LogP contribution in [0.2, 0.25) is 5.02 Å². The van der Waals surface area contributed by atoms with Gasteiger partial charge in [-0.05, 0) is 13.3 Å². The molecule has 0 aliphatic heterocycles. The molecule has 1 aliphatic rings. The minimum absolute atomic E-state index is 0. The normalized spacial score (nSPS) is 22.1. The largest absolute Gasteiger partial charge is 1.00 e. The lowest BCUT2D eigenvalue weighted by atomic mass is 10.00. The second-order valence-corrected chi connectivity index (χ2v) is 7.88. The Morgan fingerprint density at radius 2 is 2.00 bits per heavy atom. The van der Waals surface area contributed by atoms with Crippen LogP contribution in [0.3, 0.4) is 0 Å². The Labute approximate surface area is 144 Å². The number of sulfonamides is 1. The highest BCUT2D eigenvalue weighted by molar-refractivity contribution is 7.89. The van der Waals surface area contributed by atoms with E-state index >= 15 is 0 Å². The van der Waals surface area contributed by atoms with E-state index in [0.29, 0.717) is 17.2 Å². The maximum absolute atomic E-state index is 11.5. The lowest BCUT2D eigenvalue weighted by Crippen LogP contribution is -3.00. The molecule has 0 saturated carbocycles. The topological polar surface area (TPSA) is 64.0 Å². The molecular formula is C12H12Cl4N2O2S. The van der Waals surface area contributed by atoms with Crippen molar-refractivity contribution >= 4 is 50.5 Å². The van der Waals surface area contributed by atoms with Crippen LogP contribution in [0.15, 0.2) is 40.5 Å². The number of nitrogens with two attached hydrogens (primary N) is 1. The van der Waals surface area contributed by atoms with Crippen molar-refractivity contribution in [3.63, 3.8) is 0 Å². The standard InChI is InChI=1S/C12H12Cl3N2O2S.ClH/c1-12(15)4-2-8(13)10(6-12)17-5-3-9(14)11(7-17)20(16,18)19;/h2-3,5-7H,4H2,1H3,(H2,16,18,19);1H/q+1;/p-1. The van der Waals surface area contributed by atoms with E-state index in [2.05, 4.69) is 0 Å². The fraction of sp³-hybridized carbons (Fsp3) is 0.250. The van der Waals surface area contributed by atoms with E-state index in [4.69, 9.17) is 39.9 Å². The highest BCUT2D eigenvalue weighted by Crippen LogP contribution is 2.33. The molecule has 1 aromatic rings. The molecule has 2 rings (SSSR count). The van der Waals surface area contributed by atoms with Gasteiger partial charge in [0.1, 0.15) is 5.03 Å².